The van der Waals surface area contributed by atoms with Gasteiger partial charge in [0.1, 0.15) is 0 Å². The average molecular weight is 193 g/mol. The van der Waals surface area contributed by atoms with E-state index in [2.05, 4.69) is 11.9 Å². The van der Waals surface area contributed by atoms with Crippen molar-refractivity contribution in [1.29, 1.82) is 0 Å². The molecule has 0 aromatic carbocycles. The van der Waals surface area contributed by atoms with Crippen molar-refractivity contribution in [1.82, 2.24) is 4.98 Å². The Bertz CT molecular complexity index is 235. The maximum atomic E-state index is 9.61. The molecule has 1 heterocycles. The van der Waals surface area contributed by atoms with Gasteiger partial charge in [0.05, 0.1) is 6.10 Å². The molecule has 0 aliphatic heterocycles. The molecule has 1 atom stereocenters. The number of pyridine rings is 1. The first-order chi connectivity index (χ1) is 6.83. The molecule has 2 heteroatoms. The summed E-state index contributed by atoms with van der Waals surface area (Å²) in [6.45, 7) is 2.14. The quantitative estimate of drug-likeness (QED) is 0.753. The van der Waals surface area contributed by atoms with Crippen LogP contribution in [0.5, 0.6) is 0 Å². The lowest BCUT2D eigenvalue weighted by atomic mass is 10.1. The summed E-state index contributed by atoms with van der Waals surface area (Å²) in [6, 6.07) is 5.91. The van der Waals surface area contributed by atoms with Gasteiger partial charge in [0.15, 0.2) is 0 Å². The fourth-order valence-corrected chi connectivity index (χ4v) is 1.44. The Morgan fingerprint density at radius 3 is 2.86 bits per heavy atom. The van der Waals surface area contributed by atoms with Crippen molar-refractivity contribution in [2.24, 2.45) is 0 Å². The highest BCUT2D eigenvalue weighted by molar-refractivity contribution is 5.03. The number of nitrogens with zero attached hydrogens (tertiary/aromatic N) is 1. The van der Waals surface area contributed by atoms with Gasteiger partial charge in [0.2, 0.25) is 0 Å². The second-order valence-electron chi connectivity index (χ2n) is 3.66. The summed E-state index contributed by atoms with van der Waals surface area (Å²) in [7, 11) is 0. The van der Waals surface area contributed by atoms with Gasteiger partial charge in [-0.25, -0.2) is 0 Å². The molecule has 1 N–H and O–H groups in total. The van der Waals surface area contributed by atoms with Gasteiger partial charge in [0.25, 0.3) is 0 Å². The maximum absolute atomic E-state index is 9.61. The summed E-state index contributed by atoms with van der Waals surface area (Å²) in [5.74, 6) is 0. The first-order valence-electron chi connectivity index (χ1n) is 5.41. The molecule has 78 valence electrons. The van der Waals surface area contributed by atoms with E-state index < -0.39 is 0 Å². The van der Waals surface area contributed by atoms with Crippen LogP contribution >= 0.6 is 0 Å². The molecule has 0 saturated heterocycles. The standard InChI is InChI=1S/C12H19NO/c1-2-3-7-12(14)9-8-11-6-4-5-10-13-11/h4-6,10,12,14H,2-3,7-9H2,1H3. The van der Waals surface area contributed by atoms with Crippen LogP contribution in [0.3, 0.4) is 0 Å². The number of hydrogen-bond acceptors (Lipinski definition) is 2. The first-order valence-corrected chi connectivity index (χ1v) is 5.41. The molecule has 0 spiro atoms. The summed E-state index contributed by atoms with van der Waals surface area (Å²) < 4.78 is 0. The molecule has 1 rings (SSSR count). The molecule has 1 aromatic heterocycles. The van der Waals surface area contributed by atoms with Gasteiger partial charge in [-0.2, -0.15) is 0 Å². The van der Waals surface area contributed by atoms with Gasteiger partial charge in [-0.3, -0.25) is 4.98 Å². The van der Waals surface area contributed by atoms with Crippen LogP contribution < -0.4 is 0 Å². The normalized spacial score (nSPS) is 12.7. The van der Waals surface area contributed by atoms with Crippen molar-refractivity contribution in [2.75, 3.05) is 0 Å². The van der Waals surface area contributed by atoms with Gasteiger partial charge >= 0.3 is 0 Å². The Kier molecular flexibility index (Phi) is 5.23. The number of aryl methyl sites for hydroxylation is 1. The lowest BCUT2D eigenvalue weighted by molar-refractivity contribution is 0.151. The van der Waals surface area contributed by atoms with Crippen LogP contribution in [0, 0.1) is 0 Å². The highest BCUT2D eigenvalue weighted by Crippen LogP contribution is 2.07. The van der Waals surface area contributed by atoms with Crippen molar-refractivity contribution < 1.29 is 5.11 Å². The van der Waals surface area contributed by atoms with Crippen molar-refractivity contribution in [3.63, 3.8) is 0 Å². The second-order valence-corrected chi connectivity index (χ2v) is 3.66. The van der Waals surface area contributed by atoms with E-state index in [0.717, 1.165) is 37.8 Å². The fourth-order valence-electron chi connectivity index (χ4n) is 1.44. The minimum Gasteiger partial charge on any atom is -0.393 e. The second kappa shape index (κ2) is 6.55. The van der Waals surface area contributed by atoms with Crippen molar-refractivity contribution in [2.45, 2.75) is 45.1 Å². The number of aliphatic hydroxyl groups excluding tert-OH is 1. The smallest absolute Gasteiger partial charge is 0.0544 e. The zero-order valence-electron chi connectivity index (χ0n) is 8.82. The van der Waals surface area contributed by atoms with Crippen molar-refractivity contribution >= 4 is 0 Å². The molecule has 0 amide bonds. The predicted molar refractivity (Wildman–Crippen MR) is 58.1 cm³/mol. The minimum atomic E-state index is -0.156. The predicted octanol–water partition coefficient (Wildman–Crippen LogP) is 2.57. The van der Waals surface area contributed by atoms with E-state index in [1.54, 1.807) is 6.20 Å². The molecule has 0 radical (unpaired) electrons. The van der Waals surface area contributed by atoms with Crippen LogP contribution in [0.25, 0.3) is 0 Å². The van der Waals surface area contributed by atoms with E-state index in [9.17, 15) is 5.11 Å². The first kappa shape index (κ1) is 11.2. The number of hydrogen-bond donors (Lipinski definition) is 1. The van der Waals surface area contributed by atoms with E-state index in [4.69, 9.17) is 0 Å². The Hall–Kier alpha value is -0.890. The SMILES string of the molecule is CCCCC(O)CCc1ccccn1. The van der Waals surface area contributed by atoms with Crippen molar-refractivity contribution in [3.8, 4) is 0 Å². The van der Waals surface area contributed by atoms with Gasteiger partial charge in [-0.1, -0.05) is 25.8 Å². The van der Waals surface area contributed by atoms with E-state index in [1.807, 2.05) is 18.2 Å². The molecule has 0 aliphatic carbocycles. The van der Waals surface area contributed by atoms with Gasteiger partial charge < -0.3 is 5.11 Å². The molecular weight excluding hydrogens is 174 g/mol. The molecule has 0 bridgehead atoms. The van der Waals surface area contributed by atoms with E-state index in [-0.39, 0.29) is 6.10 Å². The number of unbranched alkanes of at least 4 members (excludes halogenated alkanes) is 1. The third-order valence-corrected chi connectivity index (χ3v) is 2.35. The average Bonchev–Trinajstić information content (AvgIpc) is 2.25. The molecule has 14 heavy (non-hydrogen) atoms. The zero-order chi connectivity index (χ0) is 10.2. The van der Waals surface area contributed by atoms with Gasteiger partial charge in [-0.15, -0.1) is 0 Å². The molecule has 1 unspecified atom stereocenters. The fraction of sp³-hybridized carbons (Fsp3) is 0.583. The van der Waals surface area contributed by atoms with Gasteiger partial charge in [0, 0.05) is 11.9 Å². The highest BCUT2D eigenvalue weighted by Gasteiger charge is 2.03. The monoisotopic (exact) mass is 193 g/mol. The summed E-state index contributed by atoms with van der Waals surface area (Å²) in [5, 5.41) is 9.61. The van der Waals surface area contributed by atoms with Crippen LogP contribution in [0.4, 0.5) is 0 Å². The minimum absolute atomic E-state index is 0.156. The highest BCUT2D eigenvalue weighted by atomic mass is 16.3. The zero-order valence-corrected chi connectivity index (χ0v) is 8.82. The third kappa shape index (κ3) is 4.38. The summed E-state index contributed by atoms with van der Waals surface area (Å²) in [4.78, 5) is 4.22. The van der Waals surface area contributed by atoms with Crippen LogP contribution in [-0.2, 0) is 6.42 Å². The van der Waals surface area contributed by atoms with Crippen LogP contribution in [-0.4, -0.2) is 16.2 Å². The summed E-state index contributed by atoms with van der Waals surface area (Å²) >= 11 is 0. The summed E-state index contributed by atoms with van der Waals surface area (Å²) in [5.41, 5.74) is 1.07. The topological polar surface area (TPSA) is 33.1 Å². The van der Waals surface area contributed by atoms with Gasteiger partial charge in [-0.05, 0) is 31.4 Å². The van der Waals surface area contributed by atoms with Crippen LogP contribution in [0.2, 0.25) is 0 Å². The molecule has 0 aliphatic rings. The van der Waals surface area contributed by atoms with E-state index >= 15 is 0 Å². The molecular formula is C12H19NO. The number of aromatic nitrogens is 1. The molecule has 2 nitrogen and oxygen atoms in total. The Morgan fingerprint density at radius 1 is 1.36 bits per heavy atom. The molecule has 0 saturated carbocycles. The largest absolute Gasteiger partial charge is 0.393 e. The van der Waals surface area contributed by atoms with Crippen LogP contribution in [0.1, 0.15) is 38.3 Å². The lowest BCUT2D eigenvalue weighted by Crippen LogP contribution is -2.08. The Labute approximate surface area is 86.0 Å². The lowest BCUT2D eigenvalue weighted by Gasteiger charge is -2.08. The molecule has 0 fully saturated rings. The number of rotatable bonds is 6. The van der Waals surface area contributed by atoms with E-state index in [0.29, 0.717) is 0 Å². The molecule has 1 aromatic rings. The maximum Gasteiger partial charge on any atom is 0.0544 e. The van der Waals surface area contributed by atoms with Crippen LogP contribution in [0.15, 0.2) is 24.4 Å². The summed E-state index contributed by atoms with van der Waals surface area (Å²) in [6.07, 6.45) is 6.54. The third-order valence-electron chi connectivity index (χ3n) is 2.35. The number of aliphatic hydroxyl groups is 1. The Morgan fingerprint density at radius 2 is 2.21 bits per heavy atom. The van der Waals surface area contributed by atoms with E-state index in [1.165, 1.54) is 0 Å². The van der Waals surface area contributed by atoms with Crippen molar-refractivity contribution in [3.05, 3.63) is 30.1 Å². The Balaban J connectivity index is 2.20.